The zero-order valence-electron chi connectivity index (χ0n) is 7.88. The van der Waals surface area contributed by atoms with E-state index in [0.29, 0.717) is 6.42 Å². The Morgan fingerprint density at radius 3 is 3.29 bits per heavy atom. The van der Waals surface area contributed by atoms with Gasteiger partial charge in [-0.1, -0.05) is 0 Å². The van der Waals surface area contributed by atoms with Crippen molar-refractivity contribution in [2.45, 2.75) is 12.5 Å². The molecule has 0 fully saturated rings. The summed E-state index contributed by atoms with van der Waals surface area (Å²) in [5.74, 6) is 0.769. The van der Waals surface area contributed by atoms with E-state index in [0.717, 1.165) is 16.4 Å². The maximum Gasteiger partial charge on any atom is 0.193 e. The van der Waals surface area contributed by atoms with Gasteiger partial charge in [-0.2, -0.15) is 11.8 Å². The van der Waals surface area contributed by atoms with Crippen molar-refractivity contribution in [1.29, 1.82) is 0 Å². The zero-order chi connectivity index (χ0) is 9.97. The number of thiazole rings is 1. The normalized spacial score (nSPS) is 13.6. The molecule has 0 bridgehead atoms. The van der Waals surface area contributed by atoms with Crippen LogP contribution >= 0.6 is 23.1 Å². The van der Waals surface area contributed by atoms with E-state index in [2.05, 4.69) is 4.98 Å². The van der Waals surface area contributed by atoms with Crippen molar-refractivity contribution in [2.75, 3.05) is 12.0 Å². The van der Waals surface area contributed by atoms with Gasteiger partial charge in [0.2, 0.25) is 0 Å². The van der Waals surface area contributed by atoms with Gasteiger partial charge in [0, 0.05) is 29.9 Å². The van der Waals surface area contributed by atoms with Crippen LogP contribution in [0.3, 0.4) is 0 Å². The zero-order valence-corrected chi connectivity index (χ0v) is 9.51. The lowest BCUT2D eigenvalue weighted by molar-refractivity contribution is 0.199. The van der Waals surface area contributed by atoms with Gasteiger partial charge < -0.3 is 5.11 Å². The Bertz CT molecular complexity index is 381. The van der Waals surface area contributed by atoms with Crippen molar-refractivity contribution >= 4 is 28.1 Å². The first-order valence-electron chi connectivity index (χ1n) is 4.37. The number of fused-ring (bicyclic) bond motifs is 1. The van der Waals surface area contributed by atoms with Gasteiger partial charge in [0.1, 0.15) is 0 Å². The Morgan fingerprint density at radius 1 is 1.71 bits per heavy atom. The van der Waals surface area contributed by atoms with Gasteiger partial charge >= 0.3 is 0 Å². The highest BCUT2D eigenvalue weighted by Gasteiger charge is 2.08. The van der Waals surface area contributed by atoms with Crippen LogP contribution in [0.2, 0.25) is 0 Å². The van der Waals surface area contributed by atoms with Crippen LogP contribution in [0.5, 0.6) is 0 Å². The van der Waals surface area contributed by atoms with E-state index in [-0.39, 0.29) is 6.10 Å². The minimum atomic E-state index is -0.283. The molecule has 0 aliphatic carbocycles. The van der Waals surface area contributed by atoms with Gasteiger partial charge in [-0.25, -0.2) is 4.98 Å². The maximum absolute atomic E-state index is 9.60. The van der Waals surface area contributed by atoms with Crippen molar-refractivity contribution in [3.63, 3.8) is 0 Å². The highest BCUT2D eigenvalue weighted by Crippen LogP contribution is 2.13. The van der Waals surface area contributed by atoms with Gasteiger partial charge in [-0.15, -0.1) is 11.3 Å². The summed E-state index contributed by atoms with van der Waals surface area (Å²) in [5, 5.41) is 11.6. The number of hydrogen-bond acceptors (Lipinski definition) is 4. The Balaban J connectivity index is 2.08. The smallest absolute Gasteiger partial charge is 0.193 e. The average molecular weight is 228 g/mol. The number of rotatable bonds is 4. The summed E-state index contributed by atoms with van der Waals surface area (Å²) in [6, 6.07) is 0. The van der Waals surface area contributed by atoms with Crippen LogP contribution in [0.4, 0.5) is 0 Å². The first kappa shape index (κ1) is 10.0. The van der Waals surface area contributed by atoms with Crippen LogP contribution in [0, 0.1) is 0 Å². The largest absolute Gasteiger partial charge is 0.392 e. The lowest BCUT2D eigenvalue weighted by atomic mass is 10.2. The first-order chi connectivity index (χ1) is 6.79. The molecule has 2 heterocycles. The number of aliphatic hydroxyl groups is 1. The quantitative estimate of drug-likeness (QED) is 0.865. The molecule has 0 aromatic carbocycles. The van der Waals surface area contributed by atoms with E-state index < -0.39 is 0 Å². The molecule has 5 heteroatoms. The molecular weight excluding hydrogens is 216 g/mol. The fourth-order valence-electron chi connectivity index (χ4n) is 1.37. The maximum atomic E-state index is 9.60. The molecule has 2 aromatic heterocycles. The summed E-state index contributed by atoms with van der Waals surface area (Å²) in [7, 11) is 0. The van der Waals surface area contributed by atoms with E-state index in [4.69, 9.17) is 0 Å². The molecule has 14 heavy (non-hydrogen) atoms. The van der Waals surface area contributed by atoms with Gasteiger partial charge in [0.25, 0.3) is 0 Å². The highest BCUT2D eigenvalue weighted by atomic mass is 32.2. The molecule has 2 rings (SSSR count). The Kier molecular flexibility index (Phi) is 3.10. The first-order valence-corrected chi connectivity index (χ1v) is 6.65. The van der Waals surface area contributed by atoms with Crippen LogP contribution in [0.15, 0.2) is 17.8 Å². The highest BCUT2D eigenvalue weighted by molar-refractivity contribution is 7.98. The van der Waals surface area contributed by atoms with E-state index in [9.17, 15) is 5.11 Å². The third-order valence-electron chi connectivity index (χ3n) is 1.95. The number of aromatic nitrogens is 2. The molecule has 0 aliphatic heterocycles. The second kappa shape index (κ2) is 4.33. The molecule has 0 radical (unpaired) electrons. The lowest BCUT2D eigenvalue weighted by Gasteiger charge is -2.05. The van der Waals surface area contributed by atoms with E-state index >= 15 is 0 Å². The second-order valence-corrected chi connectivity index (χ2v) is 4.92. The molecule has 0 saturated heterocycles. The summed E-state index contributed by atoms with van der Waals surface area (Å²) in [5.41, 5.74) is 0.971. The third kappa shape index (κ3) is 2.10. The molecule has 0 aliphatic rings. The van der Waals surface area contributed by atoms with E-state index in [1.807, 2.05) is 28.4 Å². The van der Waals surface area contributed by atoms with Crippen molar-refractivity contribution in [3.05, 3.63) is 23.5 Å². The van der Waals surface area contributed by atoms with Crippen LogP contribution < -0.4 is 0 Å². The van der Waals surface area contributed by atoms with E-state index in [1.165, 1.54) is 0 Å². The van der Waals surface area contributed by atoms with E-state index in [1.54, 1.807) is 23.1 Å². The molecule has 0 saturated carbocycles. The molecule has 2 aromatic rings. The number of aliphatic hydroxyl groups excluding tert-OH is 1. The summed E-state index contributed by atoms with van der Waals surface area (Å²) in [6.45, 7) is 0. The summed E-state index contributed by atoms with van der Waals surface area (Å²) >= 11 is 3.27. The molecule has 1 atom stereocenters. The fourth-order valence-corrected chi connectivity index (χ4v) is 2.59. The molecule has 3 nitrogen and oxygen atoms in total. The molecule has 1 unspecified atom stereocenters. The SMILES string of the molecule is CSCC(O)Cc1cn2ccsc2n1. The van der Waals surface area contributed by atoms with Crippen LogP contribution in [0.25, 0.3) is 4.96 Å². The van der Waals surface area contributed by atoms with Crippen LogP contribution in [-0.4, -0.2) is 32.6 Å². The van der Waals surface area contributed by atoms with Gasteiger partial charge in [-0.3, -0.25) is 4.40 Å². The number of imidazole rings is 1. The Labute approximate surface area is 90.8 Å². The summed E-state index contributed by atoms with van der Waals surface area (Å²) in [6.07, 6.45) is 6.33. The monoisotopic (exact) mass is 228 g/mol. The van der Waals surface area contributed by atoms with Crippen molar-refractivity contribution in [1.82, 2.24) is 9.38 Å². The number of nitrogens with zero attached hydrogens (tertiary/aromatic N) is 2. The molecule has 1 N–H and O–H groups in total. The number of hydrogen-bond donors (Lipinski definition) is 1. The predicted molar refractivity (Wildman–Crippen MR) is 61.2 cm³/mol. The van der Waals surface area contributed by atoms with Gasteiger partial charge in [0.05, 0.1) is 11.8 Å². The van der Waals surface area contributed by atoms with Crippen molar-refractivity contribution < 1.29 is 5.11 Å². The minimum absolute atomic E-state index is 0.283. The van der Waals surface area contributed by atoms with Crippen molar-refractivity contribution in [2.24, 2.45) is 0 Å². The third-order valence-corrected chi connectivity index (χ3v) is 3.44. The predicted octanol–water partition coefficient (Wildman–Crippen LogP) is 1.66. The lowest BCUT2D eigenvalue weighted by Crippen LogP contribution is -2.13. The summed E-state index contributed by atoms with van der Waals surface area (Å²) in [4.78, 5) is 5.40. The van der Waals surface area contributed by atoms with Gasteiger partial charge in [0.15, 0.2) is 4.96 Å². The second-order valence-electron chi connectivity index (χ2n) is 3.14. The molecular formula is C9H12N2OS2. The fraction of sp³-hybridized carbons (Fsp3) is 0.444. The van der Waals surface area contributed by atoms with Crippen LogP contribution in [-0.2, 0) is 6.42 Å². The topological polar surface area (TPSA) is 37.5 Å². The Hall–Kier alpha value is -0.520. The summed E-state index contributed by atoms with van der Waals surface area (Å²) < 4.78 is 1.99. The number of thioether (sulfide) groups is 1. The minimum Gasteiger partial charge on any atom is -0.392 e. The standard InChI is InChI=1S/C9H12N2OS2/c1-13-6-8(12)4-7-5-11-2-3-14-9(11)10-7/h2-3,5,8,12H,4,6H2,1H3. The Morgan fingerprint density at radius 2 is 2.57 bits per heavy atom. The molecule has 0 amide bonds. The van der Waals surface area contributed by atoms with Gasteiger partial charge in [-0.05, 0) is 6.26 Å². The molecule has 76 valence electrons. The van der Waals surface area contributed by atoms with Crippen molar-refractivity contribution in [3.8, 4) is 0 Å². The van der Waals surface area contributed by atoms with Crippen LogP contribution in [0.1, 0.15) is 5.69 Å². The molecule has 0 spiro atoms. The average Bonchev–Trinajstić information content (AvgIpc) is 2.63.